The van der Waals surface area contributed by atoms with Crippen LogP contribution in [0.2, 0.25) is 0 Å². The molecule has 0 fully saturated rings. The molecular formula is C11H12F3NO2. The lowest BCUT2D eigenvalue weighted by atomic mass is 10.2. The Bertz CT molecular complexity index is 404. The maximum absolute atomic E-state index is 12.1. The van der Waals surface area contributed by atoms with Gasteiger partial charge in [-0.1, -0.05) is 6.07 Å². The van der Waals surface area contributed by atoms with Gasteiger partial charge in [0.15, 0.2) is 0 Å². The summed E-state index contributed by atoms with van der Waals surface area (Å²) in [6.45, 7) is -1.27. The van der Waals surface area contributed by atoms with Crippen LogP contribution < -0.4 is 4.74 Å². The lowest BCUT2D eigenvalue weighted by Gasteiger charge is -2.19. The quantitative estimate of drug-likeness (QED) is 0.820. The van der Waals surface area contributed by atoms with E-state index in [1.165, 1.54) is 19.2 Å². The zero-order valence-corrected chi connectivity index (χ0v) is 9.41. The van der Waals surface area contributed by atoms with E-state index in [-0.39, 0.29) is 5.56 Å². The van der Waals surface area contributed by atoms with Crippen LogP contribution in [0.25, 0.3) is 0 Å². The van der Waals surface area contributed by atoms with Crippen molar-refractivity contribution in [1.29, 1.82) is 0 Å². The Hall–Kier alpha value is -1.72. The summed E-state index contributed by atoms with van der Waals surface area (Å²) >= 11 is 0. The highest BCUT2D eigenvalue weighted by atomic mass is 19.4. The molecule has 0 spiro atoms. The minimum atomic E-state index is -4.40. The van der Waals surface area contributed by atoms with Crippen LogP contribution in [0.3, 0.4) is 0 Å². The number of ether oxygens (including phenoxy) is 1. The average molecular weight is 247 g/mol. The molecule has 0 bridgehead atoms. The van der Waals surface area contributed by atoms with Crippen molar-refractivity contribution in [2.75, 3.05) is 20.7 Å². The van der Waals surface area contributed by atoms with E-state index in [0.29, 0.717) is 10.6 Å². The first-order valence-electron chi connectivity index (χ1n) is 4.80. The lowest BCUT2D eigenvalue weighted by molar-refractivity contribution is -0.138. The lowest BCUT2D eigenvalue weighted by Crippen LogP contribution is -2.35. The third-order valence-corrected chi connectivity index (χ3v) is 2.08. The molecule has 1 aromatic carbocycles. The molecule has 0 saturated heterocycles. The summed E-state index contributed by atoms with van der Waals surface area (Å²) in [5, 5.41) is 0. The maximum Gasteiger partial charge on any atom is 0.406 e. The summed E-state index contributed by atoms with van der Waals surface area (Å²) in [4.78, 5) is 12.3. The number of alkyl halides is 3. The minimum Gasteiger partial charge on any atom is -0.497 e. The smallest absolute Gasteiger partial charge is 0.406 e. The molecule has 0 aliphatic heterocycles. The van der Waals surface area contributed by atoms with Crippen LogP contribution in [0, 0.1) is 0 Å². The molecule has 94 valence electrons. The van der Waals surface area contributed by atoms with Gasteiger partial charge in [0.2, 0.25) is 0 Å². The van der Waals surface area contributed by atoms with E-state index in [0.717, 1.165) is 7.05 Å². The molecule has 0 radical (unpaired) electrons. The molecule has 0 heterocycles. The average Bonchev–Trinajstić information content (AvgIpc) is 2.26. The molecule has 3 nitrogen and oxygen atoms in total. The number of halogens is 3. The van der Waals surface area contributed by atoms with Crippen LogP contribution in [0.15, 0.2) is 24.3 Å². The number of benzene rings is 1. The van der Waals surface area contributed by atoms with E-state index < -0.39 is 18.6 Å². The Balaban J connectivity index is 2.81. The van der Waals surface area contributed by atoms with Crippen LogP contribution in [-0.2, 0) is 0 Å². The third kappa shape index (κ3) is 3.97. The first-order chi connectivity index (χ1) is 7.83. The van der Waals surface area contributed by atoms with Gasteiger partial charge in [-0.25, -0.2) is 0 Å². The molecule has 0 unspecified atom stereocenters. The fourth-order valence-corrected chi connectivity index (χ4v) is 1.32. The number of rotatable bonds is 3. The standard InChI is InChI=1S/C11H12F3NO2/c1-15(7-11(12,13)14)10(16)8-4-3-5-9(6-8)17-2/h3-6H,7H2,1-2H3. The Morgan fingerprint density at radius 2 is 2.06 bits per heavy atom. The number of amides is 1. The molecule has 17 heavy (non-hydrogen) atoms. The molecule has 1 amide bonds. The fourth-order valence-electron chi connectivity index (χ4n) is 1.32. The van der Waals surface area contributed by atoms with E-state index in [4.69, 9.17) is 4.74 Å². The largest absolute Gasteiger partial charge is 0.497 e. The highest BCUT2D eigenvalue weighted by Crippen LogP contribution is 2.18. The molecular weight excluding hydrogens is 235 g/mol. The second kappa shape index (κ2) is 5.07. The predicted octanol–water partition coefficient (Wildman–Crippen LogP) is 2.33. The van der Waals surface area contributed by atoms with Crippen LogP contribution in [-0.4, -0.2) is 37.7 Å². The van der Waals surface area contributed by atoms with Gasteiger partial charge in [0.05, 0.1) is 7.11 Å². The number of carbonyl (C=O) groups is 1. The molecule has 1 rings (SSSR count). The van der Waals surface area contributed by atoms with Crippen molar-refractivity contribution >= 4 is 5.91 Å². The SMILES string of the molecule is COc1cccc(C(=O)N(C)CC(F)(F)F)c1. The van der Waals surface area contributed by atoms with E-state index in [1.54, 1.807) is 12.1 Å². The summed E-state index contributed by atoms with van der Waals surface area (Å²) in [6, 6.07) is 6.00. The van der Waals surface area contributed by atoms with Crippen LogP contribution in [0.1, 0.15) is 10.4 Å². The summed E-state index contributed by atoms with van der Waals surface area (Å²) in [5.74, 6) is -0.266. The third-order valence-electron chi connectivity index (χ3n) is 2.08. The van der Waals surface area contributed by atoms with Gasteiger partial charge in [-0.15, -0.1) is 0 Å². The van der Waals surface area contributed by atoms with E-state index in [9.17, 15) is 18.0 Å². The first-order valence-corrected chi connectivity index (χ1v) is 4.80. The number of hydrogen-bond donors (Lipinski definition) is 0. The van der Waals surface area contributed by atoms with E-state index in [1.807, 2.05) is 0 Å². The van der Waals surface area contributed by atoms with Crippen LogP contribution >= 0.6 is 0 Å². The highest BCUT2D eigenvalue weighted by Gasteiger charge is 2.31. The molecule has 0 N–H and O–H groups in total. The van der Waals surface area contributed by atoms with Gasteiger partial charge < -0.3 is 9.64 Å². The van der Waals surface area contributed by atoms with Crippen molar-refractivity contribution in [3.05, 3.63) is 29.8 Å². The predicted molar refractivity (Wildman–Crippen MR) is 56.0 cm³/mol. The van der Waals surface area contributed by atoms with Gasteiger partial charge in [-0.2, -0.15) is 13.2 Å². The number of nitrogens with zero attached hydrogens (tertiary/aromatic N) is 1. The van der Waals surface area contributed by atoms with Crippen molar-refractivity contribution in [1.82, 2.24) is 4.90 Å². The zero-order chi connectivity index (χ0) is 13.1. The maximum atomic E-state index is 12.1. The van der Waals surface area contributed by atoms with Crippen molar-refractivity contribution < 1.29 is 22.7 Å². The van der Waals surface area contributed by atoms with Gasteiger partial charge in [0.1, 0.15) is 12.3 Å². The number of hydrogen-bond acceptors (Lipinski definition) is 2. The van der Waals surface area contributed by atoms with E-state index in [2.05, 4.69) is 0 Å². The summed E-state index contributed by atoms with van der Waals surface area (Å²) in [7, 11) is 2.53. The van der Waals surface area contributed by atoms with Gasteiger partial charge >= 0.3 is 6.18 Å². The normalized spacial score (nSPS) is 11.1. The monoisotopic (exact) mass is 247 g/mol. The zero-order valence-electron chi connectivity index (χ0n) is 9.41. The first kappa shape index (κ1) is 13.3. The van der Waals surface area contributed by atoms with Crippen molar-refractivity contribution in [2.45, 2.75) is 6.18 Å². The molecule has 0 aliphatic carbocycles. The minimum absolute atomic E-state index is 0.163. The fraction of sp³-hybridized carbons (Fsp3) is 0.364. The highest BCUT2D eigenvalue weighted by molar-refractivity contribution is 5.94. The van der Waals surface area contributed by atoms with Crippen molar-refractivity contribution in [3.63, 3.8) is 0 Å². The second-order valence-electron chi connectivity index (χ2n) is 3.51. The molecule has 6 heteroatoms. The second-order valence-corrected chi connectivity index (χ2v) is 3.51. The number of carbonyl (C=O) groups excluding carboxylic acids is 1. The Morgan fingerprint density at radius 1 is 1.41 bits per heavy atom. The van der Waals surface area contributed by atoms with Gasteiger partial charge in [-0.3, -0.25) is 4.79 Å². The molecule has 0 aliphatic rings. The summed E-state index contributed by atoms with van der Waals surface area (Å²) in [6.07, 6.45) is -4.40. The summed E-state index contributed by atoms with van der Waals surface area (Å²) < 4.78 is 41.2. The Kier molecular flexibility index (Phi) is 3.98. The Labute approximate surface area is 96.8 Å². The molecule has 1 aromatic rings. The van der Waals surface area contributed by atoms with Crippen LogP contribution in [0.5, 0.6) is 5.75 Å². The molecule has 0 aromatic heterocycles. The molecule has 0 atom stereocenters. The van der Waals surface area contributed by atoms with Crippen LogP contribution in [0.4, 0.5) is 13.2 Å². The van der Waals surface area contributed by atoms with Gasteiger partial charge in [0, 0.05) is 12.6 Å². The van der Waals surface area contributed by atoms with Crippen molar-refractivity contribution in [2.24, 2.45) is 0 Å². The molecule has 0 saturated carbocycles. The summed E-state index contributed by atoms with van der Waals surface area (Å²) in [5.41, 5.74) is 0.163. The van der Waals surface area contributed by atoms with Gasteiger partial charge in [-0.05, 0) is 18.2 Å². The topological polar surface area (TPSA) is 29.5 Å². The van der Waals surface area contributed by atoms with E-state index >= 15 is 0 Å². The number of methoxy groups -OCH3 is 1. The Morgan fingerprint density at radius 3 is 2.59 bits per heavy atom. The van der Waals surface area contributed by atoms with Gasteiger partial charge in [0.25, 0.3) is 5.91 Å². The van der Waals surface area contributed by atoms with Crippen molar-refractivity contribution in [3.8, 4) is 5.75 Å².